The van der Waals surface area contributed by atoms with Gasteiger partial charge in [0.25, 0.3) is 0 Å². The molecule has 0 atom stereocenters. The third kappa shape index (κ3) is 1.82. The number of hydrogen-bond acceptors (Lipinski definition) is 3. The molecule has 100 valence electrons. The van der Waals surface area contributed by atoms with Gasteiger partial charge in [-0.1, -0.05) is 0 Å². The molecule has 3 aromatic rings. The maximum Gasteiger partial charge on any atom is 0.355 e. The molecule has 0 aliphatic heterocycles. The zero-order chi connectivity index (χ0) is 14.3. The second kappa shape index (κ2) is 4.41. The van der Waals surface area contributed by atoms with Crippen molar-refractivity contribution in [3.63, 3.8) is 0 Å². The van der Waals surface area contributed by atoms with E-state index in [1.54, 1.807) is 12.3 Å². The summed E-state index contributed by atoms with van der Waals surface area (Å²) < 4.78 is 14.4. The second-order valence-corrected chi connectivity index (χ2v) is 4.43. The molecular formula is C14H10FN3O2. The van der Waals surface area contributed by atoms with Crippen molar-refractivity contribution in [1.29, 1.82) is 0 Å². The SMILES string of the molecule is Cc1cccn2c([N+](=O)[O-])c(-c3ccc(F)cc3)nc12. The van der Waals surface area contributed by atoms with Gasteiger partial charge in [0, 0.05) is 11.1 Å². The minimum absolute atomic E-state index is 0.115. The van der Waals surface area contributed by atoms with Crippen molar-refractivity contribution in [2.75, 3.05) is 0 Å². The van der Waals surface area contributed by atoms with Crippen LogP contribution in [0.15, 0.2) is 42.6 Å². The molecule has 0 aliphatic carbocycles. The van der Waals surface area contributed by atoms with Crippen molar-refractivity contribution in [3.05, 3.63) is 64.1 Å². The Kier molecular flexibility index (Phi) is 2.71. The van der Waals surface area contributed by atoms with Crippen LogP contribution in [0.25, 0.3) is 16.9 Å². The van der Waals surface area contributed by atoms with E-state index in [9.17, 15) is 14.5 Å². The fourth-order valence-electron chi connectivity index (χ4n) is 2.17. The molecule has 0 spiro atoms. The molecule has 2 aromatic heterocycles. The Labute approximate surface area is 113 Å². The number of hydrogen-bond donors (Lipinski definition) is 0. The number of rotatable bonds is 2. The van der Waals surface area contributed by atoms with Crippen LogP contribution in [0.4, 0.5) is 10.2 Å². The number of imidazole rings is 1. The first-order valence-corrected chi connectivity index (χ1v) is 5.96. The fourth-order valence-corrected chi connectivity index (χ4v) is 2.17. The number of nitrogens with zero attached hydrogens (tertiary/aromatic N) is 3. The van der Waals surface area contributed by atoms with Crippen LogP contribution < -0.4 is 0 Å². The van der Waals surface area contributed by atoms with Crippen molar-refractivity contribution in [2.45, 2.75) is 6.92 Å². The number of aryl methyl sites for hydroxylation is 1. The number of pyridine rings is 1. The summed E-state index contributed by atoms with van der Waals surface area (Å²) in [6.07, 6.45) is 1.60. The van der Waals surface area contributed by atoms with Crippen LogP contribution >= 0.6 is 0 Å². The van der Waals surface area contributed by atoms with Crippen molar-refractivity contribution in [3.8, 4) is 11.3 Å². The normalized spacial score (nSPS) is 10.9. The summed E-state index contributed by atoms with van der Waals surface area (Å²) in [5.74, 6) is -0.508. The highest BCUT2D eigenvalue weighted by atomic mass is 19.1. The maximum atomic E-state index is 13.0. The molecule has 0 aliphatic rings. The number of aromatic nitrogens is 2. The molecule has 0 saturated heterocycles. The number of nitro groups is 1. The molecule has 6 heteroatoms. The molecule has 3 rings (SSSR count). The Bertz CT molecular complexity index is 809. The topological polar surface area (TPSA) is 60.4 Å². The Morgan fingerprint density at radius 1 is 1.25 bits per heavy atom. The first-order valence-electron chi connectivity index (χ1n) is 5.96. The van der Waals surface area contributed by atoms with E-state index >= 15 is 0 Å². The minimum Gasteiger partial charge on any atom is -0.358 e. The lowest BCUT2D eigenvalue weighted by Gasteiger charge is -1.98. The monoisotopic (exact) mass is 271 g/mol. The predicted molar refractivity (Wildman–Crippen MR) is 72.0 cm³/mol. The van der Waals surface area contributed by atoms with Crippen LogP contribution in [0, 0.1) is 22.9 Å². The largest absolute Gasteiger partial charge is 0.358 e. The summed E-state index contributed by atoms with van der Waals surface area (Å²) in [5.41, 5.74) is 2.12. The van der Waals surface area contributed by atoms with Crippen LogP contribution in [-0.2, 0) is 0 Å². The number of benzene rings is 1. The zero-order valence-electron chi connectivity index (χ0n) is 10.6. The highest BCUT2D eigenvalue weighted by Gasteiger charge is 2.24. The van der Waals surface area contributed by atoms with Gasteiger partial charge in [-0.2, -0.15) is 9.38 Å². The first-order chi connectivity index (χ1) is 9.58. The zero-order valence-corrected chi connectivity index (χ0v) is 10.6. The van der Waals surface area contributed by atoms with Gasteiger partial charge in [0.1, 0.15) is 5.82 Å². The van der Waals surface area contributed by atoms with E-state index in [-0.39, 0.29) is 11.5 Å². The van der Waals surface area contributed by atoms with Gasteiger partial charge in [0.15, 0.2) is 5.69 Å². The highest BCUT2D eigenvalue weighted by Crippen LogP contribution is 2.31. The molecule has 0 saturated carbocycles. The van der Waals surface area contributed by atoms with Gasteiger partial charge in [0.2, 0.25) is 5.65 Å². The average molecular weight is 271 g/mol. The summed E-state index contributed by atoms with van der Waals surface area (Å²) >= 11 is 0. The van der Waals surface area contributed by atoms with E-state index < -0.39 is 10.7 Å². The van der Waals surface area contributed by atoms with E-state index in [2.05, 4.69) is 4.98 Å². The molecule has 0 unspecified atom stereocenters. The van der Waals surface area contributed by atoms with Gasteiger partial charge >= 0.3 is 5.82 Å². The van der Waals surface area contributed by atoms with Crippen molar-refractivity contribution in [2.24, 2.45) is 0 Å². The lowest BCUT2D eigenvalue weighted by Crippen LogP contribution is -1.96. The molecule has 1 aromatic carbocycles. The summed E-state index contributed by atoms with van der Waals surface area (Å²) in [7, 11) is 0. The Morgan fingerprint density at radius 3 is 2.60 bits per heavy atom. The molecular weight excluding hydrogens is 261 g/mol. The average Bonchev–Trinajstić information content (AvgIpc) is 2.80. The maximum absolute atomic E-state index is 13.0. The lowest BCUT2D eigenvalue weighted by molar-refractivity contribution is -0.389. The Balaban J connectivity index is 2.35. The Hall–Kier alpha value is -2.76. The third-order valence-corrected chi connectivity index (χ3v) is 3.11. The molecule has 0 N–H and O–H groups in total. The highest BCUT2D eigenvalue weighted by molar-refractivity contribution is 5.73. The van der Waals surface area contributed by atoms with Crippen LogP contribution in [0.2, 0.25) is 0 Å². The fraction of sp³-hybridized carbons (Fsp3) is 0.0714. The summed E-state index contributed by atoms with van der Waals surface area (Å²) in [6.45, 7) is 1.83. The Morgan fingerprint density at radius 2 is 1.95 bits per heavy atom. The van der Waals surface area contributed by atoms with Gasteiger partial charge in [-0.15, -0.1) is 0 Å². The first kappa shape index (κ1) is 12.3. The van der Waals surface area contributed by atoms with E-state index in [0.717, 1.165) is 5.56 Å². The second-order valence-electron chi connectivity index (χ2n) is 4.43. The van der Waals surface area contributed by atoms with E-state index in [0.29, 0.717) is 11.2 Å². The van der Waals surface area contributed by atoms with Gasteiger partial charge in [-0.3, -0.25) is 0 Å². The molecule has 0 amide bonds. The van der Waals surface area contributed by atoms with Crippen molar-refractivity contribution in [1.82, 2.24) is 9.38 Å². The smallest absolute Gasteiger partial charge is 0.355 e. The van der Waals surface area contributed by atoms with E-state index in [1.165, 1.54) is 28.7 Å². The predicted octanol–water partition coefficient (Wildman–Crippen LogP) is 3.36. The lowest BCUT2D eigenvalue weighted by atomic mass is 10.1. The quantitative estimate of drug-likeness (QED) is 0.530. The van der Waals surface area contributed by atoms with Gasteiger partial charge in [-0.25, -0.2) is 4.39 Å². The summed E-state index contributed by atoms with van der Waals surface area (Å²) in [5, 5.41) is 11.3. The molecule has 0 fully saturated rings. The van der Waals surface area contributed by atoms with Gasteiger partial charge in [-0.05, 0) is 48.2 Å². The summed E-state index contributed by atoms with van der Waals surface area (Å²) in [6, 6.07) is 9.05. The van der Waals surface area contributed by atoms with Crippen LogP contribution in [0.3, 0.4) is 0 Å². The molecule has 5 nitrogen and oxygen atoms in total. The van der Waals surface area contributed by atoms with E-state index in [1.807, 2.05) is 13.0 Å². The molecule has 0 bridgehead atoms. The van der Waals surface area contributed by atoms with Crippen molar-refractivity contribution < 1.29 is 9.31 Å². The van der Waals surface area contributed by atoms with E-state index in [4.69, 9.17) is 0 Å². The van der Waals surface area contributed by atoms with Gasteiger partial charge < -0.3 is 10.1 Å². The molecule has 20 heavy (non-hydrogen) atoms. The molecule has 2 heterocycles. The number of halogens is 1. The van der Waals surface area contributed by atoms with Crippen LogP contribution in [0.5, 0.6) is 0 Å². The third-order valence-electron chi connectivity index (χ3n) is 3.11. The van der Waals surface area contributed by atoms with Gasteiger partial charge in [0.05, 0.1) is 6.20 Å². The summed E-state index contributed by atoms with van der Waals surface area (Å²) in [4.78, 5) is 15.2. The standard InChI is InChI=1S/C14H10FN3O2/c1-9-3-2-8-17-13(9)16-12(14(17)18(19)20)10-4-6-11(15)7-5-10/h2-8H,1H3. The van der Waals surface area contributed by atoms with Crippen LogP contribution in [0.1, 0.15) is 5.56 Å². The van der Waals surface area contributed by atoms with Crippen LogP contribution in [-0.4, -0.2) is 14.3 Å². The van der Waals surface area contributed by atoms with Crippen molar-refractivity contribution >= 4 is 11.5 Å². The minimum atomic E-state index is -0.474. The number of fused-ring (bicyclic) bond motifs is 1. The molecule has 0 radical (unpaired) electrons.